The SMILES string of the molecule is CCn1cc(CNC(=O)c2ccc(COc3cc(C)ccc3C)o2)cn1. The summed E-state index contributed by atoms with van der Waals surface area (Å²) in [6, 6.07) is 9.47. The van der Waals surface area contributed by atoms with Crippen molar-refractivity contribution in [1.29, 1.82) is 0 Å². The van der Waals surface area contributed by atoms with Gasteiger partial charge >= 0.3 is 0 Å². The molecule has 0 saturated heterocycles. The van der Waals surface area contributed by atoms with E-state index in [-0.39, 0.29) is 18.3 Å². The highest BCUT2D eigenvalue weighted by Gasteiger charge is 2.12. The van der Waals surface area contributed by atoms with Crippen LogP contribution in [0, 0.1) is 13.8 Å². The molecule has 0 aliphatic heterocycles. The second-order valence-corrected chi connectivity index (χ2v) is 6.21. The Morgan fingerprint density at radius 1 is 1.27 bits per heavy atom. The van der Waals surface area contributed by atoms with Gasteiger partial charge in [-0.2, -0.15) is 5.10 Å². The minimum absolute atomic E-state index is 0.257. The van der Waals surface area contributed by atoms with E-state index in [1.165, 1.54) is 0 Å². The molecule has 0 fully saturated rings. The third kappa shape index (κ3) is 4.33. The van der Waals surface area contributed by atoms with E-state index >= 15 is 0 Å². The fourth-order valence-corrected chi connectivity index (χ4v) is 2.53. The van der Waals surface area contributed by atoms with Crippen LogP contribution in [0.5, 0.6) is 5.75 Å². The van der Waals surface area contributed by atoms with Gasteiger partial charge in [-0.15, -0.1) is 0 Å². The van der Waals surface area contributed by atoms with E-state index in [1.807, 2.05) is 49.8 Å². The van der Waals surface area contributed by atoms with E-state index in [4.69, 9.17) is 9.15 Å². The van der Waals surface area contributed by atoms with Gasteiger partial charge in [0.25, 0.3) is 5.91 Å². The number of aryl methyl sites for hydroxylation is 3. The maximum atomic E-state index is 12.2. The number of nitrogens with zero attached hydrogens (tertiary/aromatic N) is 2. The molecule has 2 aromatic heterocycles. The standard InChI is InChI=1S/C20H23N3O3/c1-4-23-12-16(11-22-23)10-21-20(24)18-8-7-17(26-18)13-25-19-9-14(2)5-6-15(19)3/h5-9,11-12H,4,10,13H2,1-3H3,(H,21,24). The zero-order valence-electron chi connectivity index (χ0n) is 15.3. The number of hydrogen-bond donors (Lipinski definition) is 1. The number of rotatable bonds is 7. The first kappa shape index (κ1) is 17.8. The molecule has 1 N–H and O–H groups in total. The van der Waals surface area contributed by atoms with Gasteiger partial charge in [-0.05, 0) is 50.1 Å². The topological polar surface area (TPSA) is 69.3 Å². The first-order valence-corrected chi connectivity index (χ1v) is 8.63. The molecule has 0 bridgehead atoms. The lowest BCUT2D eigenvalue weighted by atomic mass is 10.1. The summed E-state index contributed by atoms with van der Waals surface area (Å²) in [6.07, 6.45) is 3.65. The van der Waals surface area contributed by atoms with Crippen molar-refractivity contribution in [3.63, 3.8) is 0 Å². The number of carbonyl (C=O) groups is 1. The van der Waals surface area contributed by atoms with Crippen LogP contribution in [0.1, 0.15) is 39.9 Å². The summed E-state index contributed by atoms with van der Waals surface area (Å²) in [5.41, 5.74) is 3.15. The van der Waals surface area contributed by atoms with Crippen LogP contribution in [-0.2, 0) is 19.7 Å². The Kier molecular flexibility index (Phi) is 5.41. The normalized spacial score (nSPS) is 10.7. The lowest BCUT2D eigenvalue weighted by molar-refractivity contribution is 0.0919. The van der Waals surface area contributed by atoms with Gasteiger partial charge in [-0.3, -0.25) is 9.48 Å². The molecular formula is C20H23N3O3. The Balaban J connectivity index is 1.55. The van der Waals surface area contributed by atoms with Crippen LogP contribution in [0.25, 0.3) is 0 Å². The van der Waals surface area contributed by atoms with Crippen LogP contribution < -0.4 is 10.1 Å². The molecule has 6 heteroatoms. The van der Waals surface area contributed by atoms with E-state index in [1.54, 1.807) is 18.3 Å². The molecule has 0 radical (unpaired) electrons. The highest BCUT2D eigenvalue weighted by atomic mass is 16.5. The second kappa shape index (κ2) is 7.91. The van der Waals surface area contributed by atoms with Crippen molar-refractivity contribution in [1.82, 2.24) is 15.1 Å². The number of furan rings is 1. The lowest BCUT2D eigenvalue weighted by Crippen LogP contribution is -2.22. The van der Waals surface area contributed by atoms with Crippen LogP contribution in [-0.4, -0.2) is 15.7 Å². The van der Waals surface area contributed by atoms with Crippen LogP contribution >= 0.6 is 0 Å². The molecule has 0 spiro atoms. The second-order valence-electron chi connectivity index (χ2n) is 6.21. The van der Waals surface area contributed by atoms with Crippen molar-refractivity contribution in [3.05, 3.63) is 70.9 Å². The summed E-state index contributed by atoms with van der Waals surface area (Å²) >= 11 is 0. The van der Waals surface area contributed by atoms with Crippen molar-refractivity contribution in [3.8, 4) is 5.75 Å². The summed E-state index contributed by atoms with van der Waals surface area (Å²) in [6.45, 7) is 7.52. The Morgan fingerprint density at radius 2 is 2.12 bits per heavy atom. The van der Waals surface area contributed by atoms with Gasteiger partial charge in [0, 0.05) is 24.8 Å². The molecule has 26 heavy (non-hydrogen) atoms. The van der Waals surface area contributed by atoms with Gasteiger partial charge in [-0.1, -0.05) is 12.1 Å². The Bertz CT molecular complexity index is 895. The van der Waals surface area contributed by atoms with Crippen molar-refractivity contribution >= 4 is 5.91 Å². The quantitative estimate of drug-likeness (QED) is 0.704. The molecular weight excluding hydrogens is 330 g/mol. The fraction of sp³-hybridized carbons (Fsp3) is 0.300. The minimum atomic E-state index is -0.257. The highest BCUT2D eigenvalue weighted by Crippen LogP contribution is 2.21. The van der Waals surface area contributed by atoms with Gasteiger partial charge in [0.15, 0.2) is 5.76 Å². The van der Waals surface area contributed by atoms with Crippen molar-refractivity contribution in [2.45, 2.75) is 40.5 Å². The number of hydrogen-bond acceptors (Lipinski definition) is 4. The summed E-state index contributed by atoms with van der Waals surface area (Å²) in [5, 5.41) is 7.01. The van der Waals surface area contributed by atoms with Gasteiger partial charge < -0.3 is 14.5 Å². The first-order chi connectivity index (χ1) is 12.5. The average Bonchev–Trinajstić information content (AvgIpc) is 3.29. The number of amides is 1. The largest absolute Gasteiger partial charge is 0.485 e. The van der Waals surface area contributed by atoms with Crippen LogP contribution in [0.4, 0.5) is 0 Å². The molecule has 0 unspecified atom stereocenters. The number of aromatic nitrogens is 2. The monoisotopic (exact) mass is 353 g/mol. The summed E-state index contributed by atoms with van der Waals surface area (Å²) < 4.78 is 13.2. The number of ether oxygens (including phenoxy) is 1. The summed E-state index contributed by atoms with van der Waals surface area (Å²) in [7, 11) is 0. The van der Waals surface area contributed by atoms with Gasteiger partial charge in [0.05, 0.1) is 6.20 Å². The number of carbonyl (C=O) groups excluding carboxylic acids is 1. The van der Waals surface area contributed by atoms with E-state index in [0.29, 0.717) is 12.3 Å². The third-order valence-corrected chi connectivity index (χ3v) is 4.06. The Labute approximate surface area is 152 Å². The number of nitrogens with one attached hydrogen (secondary N) is 1. The molecule has 1 aromatic carbocycles. The van der Waals surface area contributed by atoms with Crippen molar-refractivity contribution in [2.24, 2.45) is 0 Å². The Hall–Kier alpha value is -3.02. The molecule has 136 valence electrons. The Morgan fingerprint density at radius 3 is 2.88 bits per heavy atom. The van der Waals surface area contributed by atoms with Crippen LogP contribution in [0.3, 0.4) is 0 Å². The third-order valence-electron chi connectivity index (χ3n) is 4.06. The molecule has 1 amide bonds. The van der Waals surface area contributed by atoms with Crippen LogP contribution in [0.2, 0.25) is 0 Å². The zero-order valence-corrected chi connectivity index (χ0v) is 15.3. The fourth-order valence-electron chi connectivity index (χ4n) is 2.53. The van der Waals surface area contributed by atoms with E-state index in [2.05, 4.69) is 10.4 Å². The molecule has 0 atom stereocenters. The molecule has 0 saturated carbocycles. The van der Waals surface area contributed by atoms with E-state index in [9.17, 15) is 4.79 Å². The van der Waals surface area contributed by atoms with Crippen LogP contribution in [0.15, 0.2) is 47.1 Å². The zero-order chi connectivity index (χ0) is 18.5. The predicted molar refractivity (Wildman–Crippen MR) is 98.0 cm³/mol. The molecule has 0 aliphatic rings. The van der Waals surface area contributed by atoms with E-state index in [0.717, 1.165) is 29.0 Å². The van der Waals surface area contributed by atoms with Crippen molar-refractivity contribution in [2.75, 3.05) is 0 Å². The average molecular weight is 353 g/mol. The number of benzene rings is 1. The molecule has 3 rings (SSSR count). The van der Waals surface area contributed by atoms with Crippen molar-refractivity contribution < 1.29 is 13.9 Å². The molecule has 0 aliphatic carbocycles. The molecule has 2 heterocycles. The highest BCUT2D eigenvalue weighted by molar-refractivity contribution is 5.91. The van der Waals surface area contributed by atoms with Gasteiger partial charge in [0.1, 0.15) is 18.1 Å². The maximum Gasteiger partial charge on any atom is 0.287 e. The first-order valence-electron chi connectivity index (χ1n) is 8.63. The summed E-state index contributed by atoms with van der Waals surface area (Å²) in [5.74, 6) is 1.44. The van der Waals surface area contributed by atoms with E-state index < -0.39 is 0 Å². The lowest BCUT2D eigenvalue weighted by Gasteiger charge is -2.08. The van der Waals surface area contributed by atoms with Gasteiger partial charge in [-0.25, -0.2) is 0 Å². The maximum absolute atomic E-state index is 12.2. The predicted octanol–water partition coefficient (Wildman–Crippen LogP) is 3.62. The minimum Gasteiger partial charge on any atom is -0.485 e. The molecule has 3 aromatic rings. The molecule has 6 nitrogen and oxygen atoms in total. The summed E-state index contributed by atoms with van der Waals surface area (Å²) in [4.78, 5) is 12.2. The van der Waals surface area contributed by atoms with Gasteiger partial charge in [0.2, 0.25) is 0 Å². The smallest absolute Gasteiger partial charge is 0.287 e.